The number of ether oxygens (including phenoxy) is 2. The molecule has 4 rings (SSSR count). The highest BCUT2D eigenvalue weighted by molar-refractivity contribution is 7.98. The number of rotatable bonds is 10. The van der Waals surface area contributed by atoms with Crippen molar-refractivity contribution in [3.63, 3.8) is 0 Å². The number of carbonyl (C=O) groups excluding carboxylic acids is 1. The summed E-state index contributed by atoms with van der Waals surface area (Å²) in [6.45, 7) is 0.827. The number of aromatic nitrogens is 4. The van der Waals surface area contributed by atoms with E-state index in [4.69, 9.17) is 9.47 Å². The fourth-order valence-electron chi connectivity index (χ4n) is 3.35. The molecule has 174 valence electrons. The Morgan fingerprint density at radius 1 is 0.971 bits per heavy atom. The largest absolute Gasteiger partial charge is 0.497 e. The predicted molar refractivity (Wildman–Crippen MR) is 130 cm³/mol. The summed E-state index contributed by atoms with van der Waals surface area (Å²) in [6.07, 6.45) is 3.55. The molecule has 1 amide bonds. The average molecular weight is 476 g/mol. The summed E-state index contributed by atoms with van der Waals surface area (Å²) in [7, 11) is 3.09. The highest BCUT2D eigenvalue weighted by Crippen LogP contribution is 2.25. The van der Waals surface area contributed by atoms with Gasteiger partial charge < -0.3 is 19.4 Å². The normalized spacial score (nSPS) is 10.6. The third kappa shape index (κ3) is 5.74. The van der Waals surface area contributed by atoms with Crippen LogP contribution in [0, 0.1) is 0 Å². The highest BCUT2D eigenvalue weighted by Gasteiger charge is 2.17. The smallest absolute Gasteiger partial charge is 0.255 e. The van der Waals surface area contributed by atoms with Crippen molar-refractivity contribution in [2.45, 2.75) is 24.0 Å². The van der Waals surface area contributed by atoms with Gasteiger partial charge >= 0.3 is 0 Å². The highest BCUT2D eigenvalue weighted by atomic mass is 32.2. The molecule has 0 saturated carbocycles. The maximum absolute atomic E-state index is 12.9. The number of benzene rings is 2. The van der Waals surface area contributed by atoms with Crippen LogP contribution in [0.15, 0.2) is 78.2 Å². The molecule has 0 radical (unpaired) electrons. The molecule has 1 N–H and O–H groups in total. The Hall–Kier alpha value is -3.85. The summed E-state index contributed by atoms with van der Waals surface area (Å²) in [6, 6.07) is 19.1. The van der Waals surface area contributed by atoms with E-state index < -0.39 is 0 Å². The number of carbonyl (C=O) groups is 1. The summed E-state index contributed by atoms with van der Waals surface area (Å²) < 4.78 is 12.6. The van der Waals surface area contributed by atoms with E-state index in [1.165, 1.54) is 7.11 Å². The lowest BCUT2D eigenvalue weighted by Crippen LogP contribution is -2.25. The van der Waals surface area contributed by atoms with Crippen molar-refractivity contribution < 1.29 is 14.3 Å². The first-order valence-electron chi connectivity index (χ1n) is 10.7. The van der Waals surface area contributed by atoms with Crippen molar-refractivity contribution in [2.24, 2.45) is 0 Å². The van der Waals surface area contributed by atoms with E-state index in [0.29, 0.717) is 29.4 Å². The van der Waals surface area contributed by atoms with E-state index in [2.05, 4.69) is 32.6 Å². The summed E-state index contributed by atoms with van der Waals surface area (Å²) in [5.41, 5.74) is 2.69. The molecule has 2 heterocycles. The van der Waals surface area contributed by atoms with Gasteiger partial charge in [0, 0.05) is 24.2 Å². The Morgan fingerprint density at radius 2 is 1.76 bits per heavy atom. The van der Waals surface area contributed by atoms with Gasteiger partial charge in [-0.2, -0.15) is 0 Å². The minimum Gasteiger partial charge on any atom is -0.497 e. The number of thioether (sulfide) groups is 1. The molecule has 0 aliphatic rings. The molecule has 0 spiro atoms. The molecule has 0 fully saturated rings. The topological polar surface area (TPSA) is 91.2 Å². The molecule has 34 heavy (non-hydrogen) atoms. The van der Waals surface area contributed by atoms with Gasteiger partial charge in [0.15, 0.2) is 11.0 Å². The molecular formula is C25H25N5O3S. The second-order valence-corrected chi connectivity index (χ2v) is 8.31. The van der Waals surface area contributed by atoms with Gasteiger partial charge in [-0.1, -0.05) is 42.1 Å². The fraction of sp³-hybridized carbons (Fsp3) is 0.200. The minimum atomic E-state index is -0.264. The number of nitrogens with zero attached hydrogens (tertiary/aromatic N) is 4. The van der Waals surface area contributed by atoms with Crippen LogP contribution in [-0.4, -0.2) is 39.9 Å². The van der Waals surface area contributed by atoms with E-state index in [1.807, 2.05) is 34.9 Å². The summed E-state index contributed by atoms with van der Waals surface area (Å²) >= 11 is 1.60. The van der Waals surface area contributed by atoms with Gasteiger partial charge in [-0.3, -0.25) is 9.78 Å². The van der Waals surface area contributed by atoms with Crippen molar-refractivity contribution in [2.75, 3.05) is 14.2 Å². The van der Waals surface area contributed by atoms with Crippen molar-refractivity contribution in [3.8, 4) is 11.5 Å². The van der Waals surface area contributed by atoms with Gasteiger partial charge in [0.1, 0.15) is 11.5 Å². The lowest BCUT2D eigenvalue weighted by Gasteiger charge is -2.13. The van der Waals surface area contributed by atoms with Crippen LogP contribution in [-0.2, 0) is 18.8 Å². The maximum Gasteiger partial charge on any atom is 0.255 e. The summed E-state index contributed by atoms with van der Waals surface area (Å²) in [5, 5.41) is 12.5. The first-order chi connectivity index (χ1) is 16.7. The molecule has 0 saturated heterocycles. The second-order valence-electron chi connectivity index (χ2n) is 7.36. The molecule has 0 atom stereocenters. The van der Waals surface area contributed by atoms with Crippen molar-refractivity contribution in [3.05, 3.63) is 95.6 Å². The second kappa shape index (κ2) is 11.3. The van der Waals surface area contributed by atoms with Crippen LogP contribution in [0.2, 0.25) is 0 Å². The lowest BCUT2D eigenvalue weighted by molar-refractivity contribution is 0.0946. The van der Waals surface area contributed by atoms with Crippen LogP contribution < -0.4 is 14.8 Å². The number of nitrogens with one attached hydrogen (secondary N) is 1. The molecule has 2 aromatic heterocycles. The quantitative estimate of drug-likeness (QED) is 0.347. The van der Waals surface area contributed by atoms with E-state index in [1.54, 1.807) is 49.5 Å². The van der Waals surface area contributed by atoms with Crippen molar-refractivity contribution in [1.82, 2.24) is 25.1 Å². The Morgan fingerprint density at radius 3 is 2.50 bits per heavy atom. The Bertz CT molecular complexity index is 1230. The van der Waals surface area contributed by atoms with Crippen LogP contribution in [0.3, 0.4) is 0 Å². The zero-order valence-electron chi connectivity index (χ0n) is 19.0. The zero-order chi connectivity index (χ0) is 23.8. The lowest BCUT2D eigenvalue weighted by atomic mass is 10.1. The van der Waals surface area contributed by atoms with Gasteiger partial charge in [0.2, 0.25) is 0 Å². The van der Waals surface area contributed by atoms with Crippen LogP contribution in [0.5, 0.6) is 11.5 Å². The standard InChI is InChI=1S/C25H25N5O3S/c1-32-20-8-9-21(22(14-20)33-2)24(31)27-15-23-28-29-25(34-17-19-10-12-26-13-11-19)30(23)16-18-6-4-3-5-7-18/h3-14H,15-17H2,1-2H3,(H,27,31). The molecule has 2 aromatic carbocycles. The Kier molecular flexibility index (Phi) is 7.77. The molecule has 0 bridgehead atoms. The molecular weight excluding hydrogens is 450 g/mol. The van der Waals surface area contributed by atoms with Gasteiger partial charge in [-0.05, 0) is 35.4 Å². The molecule has 9 heteroatoms. The molecule has 0 unspecified atom stereocenters. The van der Waals surface area contributed by atoms with E-state index in [-0.39, 0.29) is 12.5 Å². The minimum absolute atomic E-state index is 0.226. The van der Waals surface area contributed by atoms with Crippen LogP contribution in [0.1, 0.15) is 27.3 Å². The number of methoxy groups -OCH3 is 2. The van der Waals surface area contributed by atoms with Gasteiger partial charge in [-0.15, -0.1) is 10.2 Å². The third-order valence-electron chi connectivity index (χ3n) is 5.15. The van der Waals surface area contributed by atoms with Gasteiger partial charge in [0.05, 0.1) is 32.9 Å². The third-order valence-corrected chi connectivity index (χ3v) is 6.19. The molecule has 4 aromatic rings. The molecule has 0 aliphatic carbocycles. The Balaban J connectivity index is 1.52. The van der Waals surface area contributed by atoms with Gasteiger partial charge in [-0.25, -0.2) is 0 Å². The Labute approximate surface area is 202 Å². The predicted octanol–water partition coefficient (Wildman–Crippen LogP) is 3.96. The first-order valence-corrected chi connectivity index (χ1v) is 11.6. The molecule has 0 aliphatic heterocycles. The fourth-order valence-corrected chi connectivity index (χ4v) is 4.26. The number of amides is 1. The van der Waals surface area contributed by atoms with Crippen LogP contribution in [0.25, 0.3) is 0 Å². The summed E-state index contributed by atoms with van der Waals surface area (Å²) in [5.74, 6) is 2.20. The van der Waals surface area contributed by atoms with E-state index >= 15 is 0 Å². The maximum atomic E-state index is 12.9. The van der Waals surface area contributed by atoms with Crippen molar-refractivity contribution in [1.29, 1.82) is 0 Å². The van der Waals surface area contributed by atoms with Crippen molar-refractivity contribution >= 4 is 17.7 Å². The van der Waals surface area contributed by atoms with E-state index in [0.717, 1.165) is 22.0 Å². The van der Waals surface area contributed by atoms with Crippen LogP contribution >= 0.6 is 11.8 Å². The zero-order valence-corrected chi connectivity index (χ0v) is 19.8. The monoisotopic (exact) mass is 475 g/mol. The summed E-state index contributed by atoms with van der Waals surface area (Å²) in [4.78, 5) is 17.0. The molecule has 8 nitrogen and oxygen atoms in total. The van der Waals surface area contributed by atoms with Crippen LogP contribution in [0.4, 0.5) is 0 Å². The number of hydrogen-bond acceptors (Lipinski definition) is 7. The number of pyridine rings is 1. The van der Waals surface area contributed by atoms with E-state index in [9.17, 15) is 4.79 Å². The number of hydrogen-bond donors (Lipinski definition) is 1. The average Bonchev–Trinajstić information content (AvgIpc) is 3.27. The first kappa shape index (κ1) is 23.3. The van der Waals surface area contributed by atoms with Gasteiger partial charge in [0.25, 0.3) is 5.91 Å². The SMILES string of the molecule is COc1ccc(C(=O)NCc2nnc(SCc3ccncc3)n2Cc2ccccc2)c(OC)c1.